The predicted molar refractivity (Wildman–Crippen MR) is 90.6 cm³/mol. The van der Waals surface area contributed by atoms with Crippen molar-refractivity contribution in [3.8, 4) is 0 Å². The van der Waals surface area contributed by atoms with Gasteiger partial charge in [-0.1, -0.05) is 12.1 Å². The van der Waals surface area contributed by atoms with E-state index in [-0.39, 0.29) is 0 Å². The molecule has 3 heterocycles. The molecule has 1 N–H and O–H groups in total. The number of anilines is 2. The van der Waals surface area contributed by atoms with Gasteiger partial charge in [-0.2, -0.15) is 0 Å². The molecule has 0 radical (unpaired) electrons. The Balaban J connectivity index is 1.57. The summed E-state index contributed by atoms with van der Waals surface area (Å²) in [4.78, 5) is 36.5. The highest BCUT2D eigenvalue weighted by atomic mass is 16.2. The number of carbonyl (C=O) groups is 2. The van der Waals surface area contributed by atoms with E-state index in [1.807, 2.05) is 31.2 Å². The van der Waals surface area contributed by atoms with Gasteiger partial charge in [-0.05, 0) is 30.7 Å². The molecule has 1 fully saturated rings. The quantitative estimate of drug-likeness (QED) is 0.836. The summed E-state index contributed by atoms with van der Waals surface area (Å²) in [6, 6.07) is 9.35. The summed E-state index contributed by atoms with van der Waals surface area (Å²) in [7, 11) is 0. The van der Waals surface area contributed by atoms with Crippen molar-refractivity contribution in [2.75, 3.05) is 36.4 Å². The first-order valence-electron chi connectivity index (χ1n) is 7.83. The van der Waals surface area contributed by atoms with E-state index >= 15 is 0 Å². The summed E-state index contributed by atoms with van der Waals surface area (Å²) in [5.74, 6) is 0.130. The van der Waals surface area contributed by atoms with Crippen LogP contribution in [-0.4, -0.2) is 52.9 Å². The van der Waals surface area contributed by atoms with Crippen LogP contribution in [0.2, 0.25) is 0 Å². The van der Waals surface area contributed by atoms with Crippen molar-refractivity contribution in [1.29, 1.82) is 0 Å². The monoisotopic (exact) mass is 325 g/mol. The molecule has 2 amide bonds. The Morgan fingerprint density at radius 2 is 1.75 bits per heavy atom. The summed E-state index contributed by atoms with van der Waals surface area (Å²) >= 11 is 0. The molecule has 1 aliphatic heterocycles. The molecule has 0 spiro atoms. The summed E-state index contributed by atoms with van der Waals surface area (Å²) in [5.41, 5.74) is 0.818. The van der Waals surface area contributed by atoms with Crippen LogP contribution in [0.3, 0.4) is 0 Å². The number of pyridine rings is 2. The van der Waals surface area contributed by atoms with Gasteiger partial charge in [-0.3, -0.25) is 9.59 Å². The van der Waals surface area contributed by atoms with E-state index < -0.39 is 11.8 Å². The molecule has 0 atom stereocenters. The fraction of sp³-hybridized carbons (Fsp3) is 0.294. The van der Waals surface area contributed by atoms with Gasteiger partial charge in [0.25, 0.3) is 0 Å². The van der Waals surface area contributed by atoms with Crippen LogP contribution < -0.4 is 10.2 Å². The number of piperazine rings is 1. The summed E-state index contributed by atoms with van der Waals surface area (Å²) in [6.45, 7) is 4.12. The molecule has 124 valence electrons. The normalized spacial score (nSPS) is 14.4. The largest absolute Gasteiger partial charge is 0.353 e. The zero-order valence-electron chi connectivity index (χ0n) is 13.5. The number of rotatable bonds is 2. The second-order valence-corrected chi connectivity index (χ2v) is 5.59. The van der Waals surface area contributed by atoms with Crippen LogP contribution in [0.15, 0.2) is 42.7 Å². The van der Waals surface area contributed by atoms with Crippen LogP contribution in [0.5, 0.6) is 0 Å². The summed E-state index contributed by atoms with van der Waals surface area (Å²) in [6.07, 6.45) is 3.33. The lowest BCUT2D eigenvalue weighted by atomic mass is 10.2. The molecule has 0 saturated carbocycles. The molecular weight excluding hydrogens is 306 g/mol. The van der Waals surface area contributed by atoms with E-state index in [2.05, 4.69) is 20.2 Å². The van der Waals surface area contributed by atoms with Crippen molar-refractivity contribution < 1.29 is 9.59 Å². The Kier molecular flexibility index (Phi) is 4.69. The first-order valence-corrected chi connectivity index (χ1v) is 7.83. The van der Waals surface area contributed by atoms with Crippen LogP contribution in [0.4, 0.5) is 11.6 Å². The fourth-order valence-electron chi connectivity index (χ4n) is 2.60. The average Bonchev–Trinajstić information content (AvgIpc) is 2.64. The Labute approximate surface area is 140 Å². The number of hydrogen-bond acceptors (Lipinski definition) is 5. The van der Waals surface area contributed by atoms with Gasteiger partial charge < -0.3 is 15.1 Å². The number of hydrogen-bond donors (Lipinski definition) is 1. The van der Waals surface area contributed by atoms with Crippen molar-refractivity contribution in [1.82, 2.24) is 14.9 Å². The average molecular weight is 325 g/mol. The molecule has 7 nitrogen and oxygen atoms in total. The Morgan fingerprint density at radius 1 is 1.00 bits per heavy atom. The number of nitrogens with zero attached hydrogens (tertiary/aromatic N) is 4. The molecule has 0 bridgehead atoms. The topological polar surface area (TPSA) is 78.4 Å². The molecule has 2 aromatic rings. The number of carbonyl (C=O) groups excluding carboxylic acids is 2. The fourth-order valence-corrected chi connectivity index (χ4v) is 2.60. The lowest BCUT2D eigenvalue weighted by molar-refractivity contribution is -0.143. The zero-order valence-corrected chi connectivity index (χ0v) is 13.5. The summed E-state index contributed by atoms with van der Waals surface area (Å²) < 4.78 is 0. The smallest absolute Gasteiger partial charge is 0.315 e. The Morgan fingerprint density at radius 3 is 2.42 bits per heavy atom. The molecule has 0 aromatic carbocycles. The van der Waals surface area contributed by atoms with E-state index in [1.54, 1.807) is 23.4 Å². The van der Waals surface area contributed by atoms with E-state index in [4.69, 9.17) is 0 Å². The van der Waals surface area contributed by atoms with Crippen LogP contribution >= 0.6 is 0 Å². The number of aryl methyl sites for hydroxylation is 1. The minimum Gasteiger partial charge on any atom is -0.353 e. The second kappa shape index (κ2) is 7.08. The Bertz CT molecular complexity index is 727. The van der Waals surface area contributed by atoms with Crippen molar-refractivity contribution in [2.45, 2.75) is 6.92 Å². The molecule has 2 aromatic heterocycles. The maximum Gasteiger partial charge on any atom is 0.315 e. The third-order valence-corrected chi connectivity index (χ3v) is 3.98. The SMILES string of the molecule is Cc1cccnc1NC(=O)C(=O)N1CCN(c2ccccn2)CC1. The minimum atomic E-state index is -0.650. The molecule has 24 heavy (non-hydrogen) atoms. The van der Waals surface area contributed by atoms with Gasteiger partial charge in [-0.25, -0.2) is 9.97 Å². The molecule has 1 aliphatic rings. The summed E-state index contributed by atoms with van der Waals surface area (Å²) in [5, 5.41) is 2.58. The van der Waals surface area contributed by atoms with Gasteiger partial charge >= 0.3 is 11.8 Å². The molecule has 1 saturated heterocycles. The van der Waals surface area contributed by atoms with Crippen LogP contribution in [0.1, 0.15) is 5.56 Å². The lowest BCUT2D eigenvalue weighted by Crippen LogP contribution is -2.51. The third kappa shape index (κ3) is 3.51. The highest BCUT2D eigenvalue weighted by Crippen LogP contribution is 2.13. The standard InChI is InChI=1S/C17H19N5O2/c1-13-5-4-8-19-15(13)20-16(23)17(24)22-11-9-21(10-12-22)14-6-2-3-7-18-14/h2-8H,9-12H2,1H3,(H,19,20,23). The van der Waals surface area contributed by atoms with Gasteiger partial charge in [0.1, 0.15) is 11.6 Å². The Hall–Kier alpha value is -2.96. The molecule has 7 heteroatoms. The van der Waals surface area contributed by atoms with Crippen molar-refractivity contribution in [2.24, 2.45) is 0 Å². The first kappa shape index (κ1) is 15.9. The molecule has 0 aliphatic carbocycles. The molecular formula is C17H19N5O2. The van der Waals surface area contributed by atoms with Crippen molar-refractivity contribution in [3.05, 3.63) is 48.3 Å². The van der Waals surface area contributed by atoms with E-state index in [1.165, 1.54) is 0 Å². The maximum atomic E-state index is 12.3. The van der Waals surface area contributed by atoms with Gasteiger partial charge in [0.2, 0.25) is 0 Å². The number of nitrogens with one attached hydrogen (secondary N) is 1. The van der Waals surface area contributed by atoms with Gasteiger partial charge in [-0.15, -0.1) is 0 Å². The van der Waals surface area contributed by atoms with Gasteiger partial charge in [0.05, 0.1) is 0 Å². The van der Waals surface area contributed by atoms with Crippen LogP contribution in [-0.2, 0) is 9.59 Å². The highest BCUT2D eigenvalue weighted by molar-refractivity contribution is 6.39. The molecule has 3 rings (SSSR count). The second-order valence-electron chi connectivity index (χ2n) is 5.59. The van der Waals surface area contributed by atoms with Crippen LogP contribution in [0, 0.1) is 6.92 Å². The molecule has 0 unspecified atom stereocenters. The van der Waals surface area contributed by atoms with Gasteiger partial charge in [0.15, 0.2) is 0 Å². The third-order valence-electron chi connectivity index (χ3n) is 3.98. The predicted octanol–water partition coefficient (Wildman–Crippen LogP) is 1.07. The van der Waals surface area contributed by atoms with E-state index in [0.29, 0.717) is 32.0 Å². The van der Waals surface area contributed by atoms with Gasteiger partial charge in [0, 0.05) is 38.6 Å². The van der Waals surface area contributed by atoms with E-state index in [0.717, 1.165) is 11.4 Å². The number of amides is 2. The minimum absolute atomic E-state index is 0.419. The lowest BCUT2D eigenvalue weighted by Gasteiger charge is -2.34. The zero-order chi connectivity index (χ0) is 16.9. The van der Waals surface area contributed by atoms with Crippen molar-refractivity contribution in [3.63, 3.8) is 0 Å². The highest BCUT2D eigenvalue weighted by Gasteiger charge is 2.26. The maximum absolute atomic E-state index is 12.3. The number of aromatic nitrogens is 2. The van der Waals surface area contributed by atoms with Crippen molar-refractivity contribution >= 4 is 23.5 Å². The van der Waals surface area contributed by atoms with E-state index in [9.17, 15) is 9.59 Å². The van der Waals surface area contributed by atoms with Crippen LogP contribution in [0.25, 0.3) is 0 Å². The first-order chi connectivity index (χ1) is 11.6.